The number of benzene rings is 1. The smallest absolute Gasteiger partial charge is 0.318 e. The molecule has 5 aliphatic carbocycles. The average Bonchev–Trinajstić information content (AvgIpc) is 3.56. The van der Waals surface area contributed by atoms with E-state index in [2.05, 4.69) is 89.0 Å². The van der Waals surface area contributed by atoms with Gasteiger partial charge in [-0.05, 0) is 141 Å². The fourth-order valence-corrected chi connectivity index (χ4v) is 13.1. The molecule has 3 heteroatoms. The third-order valence-corrected chi connectivity index (χ3v) is 15.5. The number of likely N-dealkylation sites (tertiary alicyclic amines) is 1. The summed E-state index contributed by atoms with van der Waals surface area (Å²) < 4.78 is 0. The number of urea groups is 1. The van der Waals surface area contributed by atoms with Crippen LogP contribution in [0.3, 0.4) is 0 Å². The van der Waals surface area contributed by atoms with E-state index in [1.807, 2.05) is 0 Å². The summed E-state index contributed by atoms with van der Waals surface area (Å²) >= 11 is 0. The molecule has 0 spiro atoms. The number of carbonyl (C=O) groups is 1. The minimum atomic E-state index is 0.0341. The lowest BCUT2D eigenvalue weighted by molar-refractivity contribution is -0.216. The fraction of sp³-hybridized carbons (Fsp3) is 0.769. The lowest BCUT2D eigenvalue weighted by Crippen LogP contribution is -2.68. The molecule has 7 rings (SSSR count). The van der Waals surface area contributed by atoms with Crippen molar-refractivity contribution in [2.45, 2.75) is 137 Å². The largest absolute Gasteiger partial charge is 0.332 e. The molecule has 2 amide bonds. The molecule has 5 fully saturated rings. The molecule has 7 unspecified atom stereocenters. The lowest BCUT2D eigenvalue weighted by atomic mass is 9.33. The summed E-state index contributed by atoms with van der Waals surface area (Å²) in [4.78, 5) is 15.7. The van der Waals surface area contributed by atoms with Gasteiger partial charge in [0, 0.05) is 18.1 Å². The topological polar surface area (TPSA) is 32.3 Å². The standard InChI is InChI=1S/C39H58N2O/c1-26-12-14-28(15-13-26)29-18-21-36(5)32(35(29,3)4)19-22-38(7)33(36)17-16-30-31-11-8-20-39(31,24-23-37(30,38)6)40-34(42)41-25-9-10-27(41)2/h12-15,18,27,30-33H,8-11,16-17,19-25H2,1-7H3,(H,40,42)/t27-,30?,31?,32?,33?,36?,37-,38?,39?/m1/s1. The van der Waals surface area contributed by atoms with Crippen molar-refractivity contribution in [2.75, 3.05) is 6.54 Å². The van der Waals surface area contributed by atoms with E-state index in [9.17, 15) is 4.79 Å². The fourth-order valence-electron chi connectivity index (χ4n) is 13.1. The minimum Gasteiger partial charge on any atom is -0.332 e. The van der Waals surface area contributed by atoms with Crippen LogP contribution < -0.4 is 5.32 Å². The Balaban J connectivity index is 1.18. The zero-order valence-electron chi connectivity index (χ0n) is 27.8. The first-order valence-electron chi connectivity index (χ1n) is 17.7. The molecular formula is C39H58N2O. The molecule has 4 saturated carbocycles. The molecule has 6 aliphatic rings. The molecule has 1 saturated heterocycles. The van der Waals surface area contributed by atoms with E-state index in [-0.39, 0.29) is 17.0 Å². The molecule has 230 valence electrons. The van der Waals surface area contributed by atoms with Crippen LogP contribution >= 0.6 is 0 Å². The second kappa shape index (κ2) is 9.61. The predicted molar refractivity (Wildman–Crippen MR) is 174 cm³/mol. The monoisotopic (exact) mass is 570 g/mol. The van der Waals surface area contributed by atoms with Gasteiger partial charge in [0.25, 0.3) is 0 Å². The number of rotatable bonds is 2. The predicted octanol–water partition coefficient (Wildman–Crippen LogP) is 9.79. The number of carbonyl (C=O) groups excluding carboxylic acids is 1. The Morgan fingerprint density at radius 2 is 1.57 bits per heavy atom. The molecule has 1 N–H and O–H groups in total. The number of allylic oxidation sites excluding steroid dienone is 2. The average molecular weight is 571 g/mol. The molecule has 3 nitrogen and oxygen atoms in total. The van der Waals surface area contributed by atoms with Gasteiger partial charge < -0.3 is 10.2 Å². The third-order valence-electron chi connectivity index (χ3n) is 15.5. The molecule has 9 atom stereocenters. The van der Waals surface area contributed by atoms with Crippen LogP contribution in [0.15, 0.2) is 30.3 Å². The highest BCUT2D eigenvalue weighted by Crippen LogP contribution is 2.76. The van der Waals surface area contributed by atoms with E-state index in [0.717, 1.165) is 37.1 Å². The molecule has 0 radical (unpaired) electrons. The molecular weight excluding hydrogens is 512 g/mol. The van der Waals surface area contributed by atoms with E-state index in [1.165, 1.54) is 75.3 Å². The van der Waals surface area contributed by atoms with E-state index in [4.69, 9.17) is 0 Å². The highest BCUT2D eigenvalue weighted by Gasteiger charge is 2.69. The zero-order valence-corrected chi connectivity index (χ0v) is 27.8. The van der Waals surface area contributed by atoms with Crippen LogP contribution in [0.4, 0.5) is 4.79 Å². The van der Waals surface area contributed by atoms with Crippen molar-refractivity contribution in [1.82, 2.24) is 10.2 Å². The summed E-state index contributed by atoms with van der Waals surface area (Å²) in [6.07, 6.45) is 17.9. The van der Waals surface area contributed by atoms with Gasteiger partial charge in [0.05, 0.1) is 0 Å². The first kappa shape index (κ1) is 29.0. The highest BCUT2D eigenvalue weighted by atomic mass is 16.2. The van der Waals surface area contributed by atoms with Crippen molar-refractivity contribution in [2.24, 2.45) is 45.3 Å². The number of aryl methyl sites for hydroxylation is 1. The second-order valence-electron chi connectivity index (χ2n) is 17.3. The molecule has 1 heterocycles. The van der Waals surface area contributed by atoms with Gasteiger partial charge in [0.2, 0.25) is 0 Å². The summed E-state index contributed by atoms with van der Waals surface area (Å²) in [6, 6.07) is 9.94. The van der Waals surface area contributed by atoms with E-state index < -0.39 is 0 Å². The summed E-state index contributed by atoms with van der Waals surface area (Å²) in [7, 11) is 0. The Kier molecular flexibility index (Phi) is 6.63. The normalized spacial score (nSPS) is 45.7. The maximum Gasteiger partial charge on any atom is 0.318 e. The van der Waals surface area contributed by atoms with Crippen LogP contribution in [0.2, 0.25) is 0 Å². The van der Waals surface area contributed by atoms with E-state index >= 15 is 0 Å². The number of nitrogens with one attached hydrogen (secondary N) is 1. The Hall–Kier alpha value is -1.77. The molecule has 0 bridgehead atoms. The van der Waals surface area contributed by atoms with Crippen molar-refractivity contribution in [3.05, 3.63) is 41.5 Å². The number of hydrogen-bond donors (Lipinski definition) is 1. The number of fused-ring (bicyclic) bond motifs is 7. The van der Waals surface area contributed by atoms with Crippen molar-refractivity contribution in [1.29, 1.82) is 0 Å². The van der Waals surface area contributed by atoms with Crippen LogP contribution in [0.25, 0.3) is 5.57 Å². The Labute approximate surface area is 256 Å². The van der Waals surface area contributed by atoms with Gasteiger partial charge in [-0.2, -0.15) is 0 Å². The van der Waals surface area contributed by atoms with Gasteiger partial charge in [0.1, 0.15) is 0 Å². The van der Waals surface area contributed by atoms with Crippen molar-refractivity contribution in [3.8, 4) is 0 Å². The maximum absolute atomic E-state index is 13.6. The summed E-state index contributed by atoms with van der Waals surface area (Å²) in [5.41, 5.74) is 5.67. The minimum absolute atomic E-state index is 0.0341. The number of amides is 2. The van der Waals surface area contributed by atoms with Gasteiger partial charge >= 0.3 is 6.03 Å². The maximum atomic E-state index is 13.6. The quantitative estimate of drug-likeness (QED) is 0.377. The van der Waals surface area contributed by atoms with Gasteiger partial charge in [-0.3, -0.25) is 0 Å². The van der Waals surface area contributed by atoms with Crippen LogP contribution in [0.5, 0.6) is 0 Å². The Bertz CT molecular complexity index is 1260. The lowest BCUT2D eigenvalue weighted by Gasteiger charge is -2.72. The summed E-state index contributed by atoms with van der Waals surface area (Å²) in [5, 5.41) is 3.77. The SMILES string of the molecule is Cc1ccc(C2=CCC3(C)C(CCC4(C)C3CCC3C5CCCC5(NC(=O)N5CCC[C@H]5C)CC[C@]34C)C2(C)C)cc1. The second-order valence-corrected chi connectivity index (χ2v) is 17.3. The molecule has 1 aromatic carbocycles. The van der Waals surface area contributed by atoms with Gasteiger partial charge in [-0.1, -0.05) is 76.9 Å². The molecule has 1 aromatic rings. The van der Waals surface area contributed by atoms with Crippen LogP contribution in [0.1, 0.15) is 130 Å². The summed E-state index contributed by atoms with van der Waals surface area (Å²) in [6.45, 7) is 18.7. The Morgan fingerprint density at radius 1 is 0.810 bits per heavy atom. The van der Waals surface area contributed by atoms with E-state index in [1.54, 1.807) is 5.57 Å². The van der Waals surface area contributed by atoms with Crippen molar-refractivity contribution < 1.29 is 4.79 Å². The number of nitrogens with zero attached hydrogens (tertiary/aromatic N) is 1. The van der Waals surface area contributed by atoms with Crippen LogP contribution in [-0.2, 0) is 0 Å². The van der Waals surface area contributed by atoms with Gasteiger partial charge in [-0.25, -0.2) is 4.79 Å². The number of hydrogen-bond acceptors (Lipinski definition) is 1. The Morgan fingerprint density at radius 3 is 2.29 bits per heavy atom. The molecule has 42 heavy (non-hydrogen) atoms. The summed E-state index contributed by atoms with van der Waals surface area (Å²) in [5.74, 6) is 2.88. The van der Waals surface area contributed by atoms with E-state index in [0.29, 0.717) is 28.2 Å². The zero-order chi connectivity index (χ0) is 29.7. The van der Waals surface area contributed by atoms with Crippen LogP contribution in [0, 0.1) is 52.3 Å². The van der Waals surface area contributed by atoms with Gasteiger partial charge in [0.15, 0.2) is 0 Å². The third kappa shape index (κ3) is 3.86. The first-order chi connectivity index (χ1) is 19.9. The van der Waals surface area contributed by atoms with Crippen molar-refractivity contribution >= 4 is 11.6 Å². The van der Waals surface area contributed by atoms with Gasteiger partial charge in [-0.15, -0.1) is 0 Å². The van der Waals surface area contributed by atoms with Crippen LogP contribution in [-0.4, -0.2) is 29.1 Å². The highest BCUT2D eigenvalue weighted by molar-refractivity contribution is 5.76. The molecule has 1 aliphatic heterocycles. The molecule has 0 aromatic heterocycles. The van der Waals surface area contributed by atoms with Crippen molar-refractivity contribution in [3.63, 3.8) is 0 Å². The first-order valence-corrected chi connectivity index (χ1v) is 17.7.